The highest BCUT2D eigenvalue weighted by atomic mass is 19.1. The minimum Gasteiger partial charge on any atom is -0.375 e. The maximum absolute atomic E-state index is 14.1. The topological polar surface area (TPSA) is 69.9 Å². The summed E-state index contributed by atoms with van der Waals surface area (Å²) in [6.45, 7) is 5.85. The number of hydrogen-bond donors (Lipinski definition) is 1. The number of nitrogens with one attached hydrogen (secondary N) is 1. The van der Waals surface area contributed by atoms with Crippen LogP contribution in [-0.2, 0) is 16.0 Å². The van der Waals surface area contributed by atoms with Crippen LogP contribution in [0.1, 0.15) is 30.9 Å². The van der Waals surface area contributed by atoms with E-state index in [4.69, 9.17) is 14.7 Å². The van der Waals surface area contributed by atoms with Crippen LogP contribution < -0.4 is 5.32 Å². The minimum absolute atomic E-state index is 0.0433. The Hall–Kier alpha value is -2.17. The Kier molecular flexibility index (Phi) is 6.42. The second-order valence-electron chi connectivity index (χ2n) is 6.49. The van der Waals surface area contributed by atoms with E-state index in [2.05, 4.69) is 15.2 Å². The summed E-state index contributed by atoms with van der Waals surface area (Å²) in [5.41, 5.74) is 0.790. The van der Waals surface area contributed by atoms with E-state index in [-0.39, 0.29) is 18.8 Å². The summed E-state index contributed by atoms with van der Waals surface area (Å²) < 4.78 is 25.7. The third-order valence-corrected chi connectivity index (χ3v) is 4.69. The fourth-order valence-corrected chi connectivity index (χ4v) is 3.32. The SMILES string of the molecule is CCNC(=NCc1ccc(C#N)cc1F)N1CCOC(C2CCCO2)C1. The average molecular weight is 360 g/mol. The molecule has 2 fully saturated rings. The third kappa shape index (κ3) is 4.51. The van der Waals surface area contributed by atoms with Crippen molar-refractivity contribution < 1.29 is 13.9 Å². The molecule has 2 heterocycles. The molecule has 2 atom stereocenters. The molecule has 0 bridgehead atoms. The van der Waals surface area contributed by atoms with Crippen molar-refractivity contribution in [1.82, 2.24) is 10.2 Å². The van der Waals surface area contributed by atoms with E-state index in [1.807, 2.05) is 13.0 Å². The van der Waals surface area contributed by atoms with Crippen molar-refractivity contribution in [1.29, 1.82) is 5.26 Å². The van der Waals surface area contributed by atoms with Gasteiger partial charge in [0.25, 0.3) is 0 Å². The van der Waals surface area contributed by atoms with Crippen LogP contribution >= 0.6 is 0 Å². The maximum atomic E-state index is 14.1. The zero-order chi connectivity index (χ0) is 18.4. The number of aliphatic imine (C=N–C) groups is 1. The summed E-state index contributed by atoms with van der Waals surface area (Å²) in [6, 6.07) is 6.43. The molecule has 2 unspecified atom stereocenters. The van der Waals surface area contributed by atoms with E-state index in [0.717, 1.165) is 38.5 Å². The summed E-state index contributed by atoms with van der Waals surface area (Å²) in [5, 5.41) is 12.1. The molecule has 0 amide bonds. The Labute approximate surface area is 153 Å². The summed E-state index contributed by atoms with van der Waals surface area (Å²) in [4.78, 5) is 6.75. The molecule has 0 radical (unpaired) electrons. The second-order valence-corrected chi connectivity index (χ2v) is 6.49. The molecule has 26 heavy (non-hydrogen) atoms. The van der Waals surface area contributed by atoms with Crippen molar-refractivity contribution in [2.45, 2.75) is 38.5 Å². The molecule has 2 saturated heterocycles. The minimum atomic E-state index is -0.400. The lowest BCUT2D eigenvalue weighted by Crippen LogP contribution is -2.53. The maximum Gasteiger partial charge on any atom is 0.194 e. The molecule has 0 saturated carbocycles. The fourth-order valence-electron chi connectivity index (χ4n) is 3.32. The molecular formula is C19H25FN4O2. The first kappa shape index (κ1) is 18.6. The molecule has 2 aliphatic rings. The van der Waals surface area contributed by atoms with Crippen LogP contribution in [0.3, 0.4) is 0 Å². The molecule has 6 nitrogen and oxygen atoms in total. The van der Waals surface area contributed by atoms with E-state index < -0.39 is 5.82 Å². The van der Waals surface area contributed by atoms with Gasteiger partial charge in [-0.3, -0.25) is 0 Å². The predicted octanol–water partition coefficient (Wildman–Crippen LogP) is 2.04. The van der Waals surface area contributed by atoms with Gasteiger partial charge in [0.05, 0.1) is 30.9 Å². The van der Waals surface area contributed by atoms with E-state index in [1.54, 1.807) is 12.1 Å². The van der Waals surface area contributed by atoms with Crippen LogP contribution in [0.5, 0.6) is 0 Å². The van der Waals surface area contributed by atoms with Gasteiger partial charge in [-0.1, -0.05) is 6.07 Å². The first-order chi connectivity index (χ1) is 12.7. The van der Waals surface area contributed by atoms with Gasteiger partial charge < -0.3 is 19.7 Å². The Morgan fingerprint density at radius 2 is 2.23 bits per heavy atom. The first-order valence-corrected chi connectivity index (χ1v) is 9.16. The molecule has 1 aromatic rings. The average Bonchev–Trinajstić information content (AvgIpc) is 3.21. The molecule has 140 valence electrons. The summed E-state index contributed by atoms with van der Waals surface area (Å²) in [6.07, 6.45) is 2.30. The van der Waals surface area contributed by atoms with Gasteiger partial charge in [0, 0.05) is 31.8 Å². The van der Waals surface area contributed by atoms with Crippen molar-refractivity contribution >= 4 is 5.96 Å². The van der Waals surface area contributed by atoms with Gasteiger partial charge in [-0.25, -0.2) is 9.38 Å². The number of nitrogens with zero attached hydrogens (tertiary/aromatic N) is 3. The lowest BCUT2D eigenvalue weighted by Gasteiger charge is -2.37. The van der Waals surface area contributed by atoms with E-state index in [1.165, 1.54) is 6.07 Å². The molecule has 0 spiro atoms. The van der Waals surface area contributed by atoms with Crippen LogP contribution in [0.4, 0.5) is 4.39 Å². The third-order valence-electron chi connectivity index (χ3n) is 4.69. The van der Waals surface area contributed by atoms with Gasteiger partial charge in [0.2, 0.25) is 0 Å². The Morgan fingerprint density at radius 3 is 2.92 bits per heavy atom. The number of ether oxygens (including phenoxy) is 2. The van der Waals surface area contributed by atoms with E-state index in [0.29, 0.717) is 24.3 Å². The molecule has 0 aromatic heterocycles. The van der Waals surface area contributed by atoms with Crippen LogP contribution in [-0.4, -0.2) is 55.9 Å². The lowest BCUT2D eigenvalue weighted by atomic mass is 10.1. The van der Waals surface area contributed by atoms with Gasteiger partial charge in [-0.2, -0.15) is 5.26 Å². The lowest BCUT2D eigenvalue weighted by molar-refractivity contribution is -0.0817. The van der Waals surface area contributed by atoms with Gasteiger partial charge in [0.15, 0.2) is 5.96 Å². The molecule has 7 heteroatoms. The van der Waals surface area contributed by atoms with Gasteiger partial charge in [-0.05, 0) is 31.9 Å². The number of halogens is 1. The second kappa shape index (κ2) is 8.97. The number of hydrogen-bond acceptors (Lipinski definition) is 4. The molecule has 1 N–H and O–H groups in total. The van der Waals surface area contributed by atoms with Gasteiger partial charge in [-0.15, -0.1) is 0 Å². The predicted molar refractivity (Wildman–Crippen MR) is 96.2 cm³/mol. The van der Waals surface area contributed by atoms with E-state index >= 15 is 0 Å². The van der Waals surface area contributed by atoms with Crippen LogP contribution in [0, 0.1) is 17.1 Å². The Bertz CT molecular complexity index is 683. The smallest absolute Gasteiger partial charge is 0.194 e. The van der Waals surface area contributed by atoms with Crippen molar-refractivity contribution in [3.63, 3.8) is 0 Å². The monoisotopic (exact) mass is 360 g/mol. The number of rotatable bonds is 4. The molecular weight excluding hydrogens is 335 g/mol. The van der Waals surface area contributed by atoms with Crippen LogP contribution in [0.15, 0.2) is 23.2 Å². The quantitative estimate of drug-likeness (QED) is 0.657. The zero-order valence-corrected chi connectivity index (χ0v) is 15.1. The van der Waals surface area contributed by atoms with Crippen molar-refractivity contribution in [2.75, 3.05) is 32.8 Å². The van der Waals surface area contributed by atoms with Crippen LogP contribution in [0.25, 0.3) is 0 Å². The van der Waals surface area contributed by atoms with Crippen molar-refractivity contribution in [2.24, 2.45) is 4.99 Å². The molecule has 0 aliphatic carbocycles. The zero-order valence-electron chi connectivity index (χ0n) is 15.1. The van der Waals surface area contributed by atoms with Crippen molar-refractivity contribution in [3.05, 3.63) is 35.1 Å². The fraction of sp³-hybridized carbons (Fsp3) is 0.579. The number of nitriles is 1. The summed E-state index contributed by atoms with van der Waals surface area (Å²) >= 11 is 0. The Balaban J connectivity index is 1.69. The number of guanidine groups is 1. The molecule has 1 aromatic carbocycles. The Morgan fingerprint density at radius 1 is 1.38 bits per heavy atom. The van der Waals surface area contributed by atoms with Crippen LogP contribution in [0.2, 0.25) is 0 Å². The highest BCUT2D eigenvalue weighted by Gasteiger charge is 2.32. The van der Waals surface area contributed by atoms with Gasteiger partial charge >= 0.3 is 0 Å². The highest BCUT2D eigenvalue weighted by Crippen LogP contribution is 2.21. The molecule has 3 rings (SSSR count). The van der Waals surface area contributed by atoms with E-state index in [9.17, 15) is 4.39 Å². The van der Waals surface area contributed by atoms with Gasteiger partial charge in [0.1, 0.15) is 11.9 Å². The standard InChI is InChI=1S/C19H25FN4O2/c1-2-22-19(23-12-15-6-5-14(11-21)10-16(15)20)24-7-9-26-18(13-24)17-4-3-8-25-17/h5-6,10,17-18H,2-4,7-9,12-13H2,1H3,(H,22,23). The normalized spacial score (nSPS) is 23.7. The summed E-state index contributed by atoms with van der Waals surface area (Å²) in [5.74, 6) is 0.352. The number of morpholine rings is 1. The molecule has 2 aliphatic heterocycles. The number of benzene rings is 1. The van der Waals surface area contributed by atoms with Crippen molar-refractivity contribution in [3.8, 4) is 6.07 Å². The highest BCUT2D eigenvalue weighted by molar-refractivity contribution is 5.80. The first-order valence-electron chi connectivity index (χ1n) is 9.16. The summed E-state index contributed by atoms with van der Waals surface area (Å²) in [7, 11) is 0. The largest absolute Gasteiger partial charge is 0.375 e.